The first kappa shape index (κ1) is 13.4. The summed E-state index contributed by atoms with van der Waals surface area (Å²) in [6, 6.07) is -0.186. The number of sulfone groups is 1. The summed E-state index contributed by atoms with van der Waals surface area (Å²) in [4.78, 5) is 11.5. The molecule has 6 heteroatoms. The van der Waals surface area contributed by atoms with Crippen molar-refractivity contribution >= 4 is 15.7 Å². The number of amides is 1. The van der Waals surface area contributed by atoms with Crippen molar-refractivity contribution in [1.29, 1.82) is 0 Å². The molecule has 0 saturated heterocycles. The Hall–Kier alpha value is -0.620. The molecule has 1 amide bonds. The molecule has 0 heterocycles. The molecule has 0 spiro atoms. The van der Waals surface area contributed by atoms with Crippen molar-refractivity contribution in [2.24, 2.45) is 5.73 Å². The van der Waals surface area contributed by atoms with Gasteiger partial charge in [-0.25, -0.2) is 8.42 Å². The molecule has 1 atom stereocenters. The van der Waals surface area contributed by atoms with Gasteiger partial charge in [0.25, 0.3) is 0 Å². The van der Waals surface area contributed by atoms with Crippen molar-refractivity contribution in [3.63, 3.8) is 0 Å². The van der Waals surface area contributed by atoms with Crippen molar-refractivity contribution in [2.75, 3.05) is 12.8 Å². The molecule has 0 aliphatic carbocycles. The first-order valence-corrected chi connectivity index (χ1v) is 6.21. The quantitative estimate of drug-likeness (QED) is 0.656. The summed E-state index contributed by atoms with van der Waals surface area (Å²) in [5.74, 6) is -0.516. The van der Waals surface area contributed by atoms with Crippen molar-refractivity contribution in [2.45, 2.75) is 31.6 Å². The summed E-state index contributed by atoms with van der Waals surface area (Å²) in [5.41, 5.74) is 5.43. The second-order valence-corrected chi connectivity index (χ2v) is 6.53. The SMILES string of the molecule is CC(N)CNC(=O)C(C)(C)S(C)(=O)=O. The highest BCUT2D eigenvalue weighted by atomic mass is 32.2. The molecule has 14 heavy (non-hydrogen) atoms. The van der Waals surface area contributed by atoms with Crippen molar-refractivity contribution in [1.82, 2.24) is 5.32 Å². The van der Waals surface area contributed by atoms with Gasteiger partial charge in [0.1, 0.15) is 4.75 Å². The number of nitrogens with two attached hydrogens (primary N) is 1. The Labute approximate surface area is 85.0 Å². The van der Waals surface area contributed by atoms with Crippen LogP contribution in [0, 0.1) is 0 Å². The van der Waals surface area contributed by atoms with Gasteiger partial charge in [-0.3, -0.25) is 4.79 Å². The minimum atomic E-state index is -3.40. The summed E-state index contributed by atoms with van der Waals surface area (Å²) in [5, 5.41) is 2.49. The maximum Gasteiger partial charge on any atom is 0.240 e. The van der Waals surface area contributed by atoms with Crippen LogP contribution in [-0.2, 0) is 14.6 Å². The van der Waals surface area contributed by atoms with E-state index in [1.54, 1.807) is 6.92 Å². The lowest BCUT2D eigenvalue weighted by Crippen LogP contribution is -2.49. The van der Waals surface area contributed by atoms with Gasteiger partial charge in [-0.05, 0) is 20.8 Å². The van der Waals surface area contributed by atoms with Crippen LogP contribution in [-0.4, -0.2) is 37.9 Å². The lowest BCUT2D eigenvalue weighted by atomic mass is 10.2. The third-order valence-corrected chi connectivity index (χ3v) is 4.10. The van der Waals surface area contributed by atoms with Crippen LogP contribution in [0.3, 0.4) is 0 Å². The fraction of sp³-hybridized carbons (Fsp3) is 0.875. The highest BCUT2D eigenvalue weighted by Gasteiger charge is 2.38. The minimum Gasteiger partial charge on any atom is -0.353 e. The Balaban J connectivity index is 4.54. The standard InChI is InChI=1S/C8H18N2O3S/c1-6(9)5-10-7(11)8(2,3)14(4,12)13/h6H,5,9H2,1-4H3,(H,10,11). The van der Waals surface area contributed by atoms with E-state index in [1.807, 2.05) is 0 Å². The minimum absolute atomic E-state index is 0.186. The highest BCUT2D eigenvalue weighted by Crippen LogP contribution is 2.14. The highest BCUT2D eigenvalue weighted by molar-refractivity contribution is 7.92. The van der Waals surface area contributed by atoms with Crippen LogP contribution < -0.4 is 11.1 Å². The van der Waals surface area contributed by atoms with E-state index in [2.05, 4.69) is 5.32 Å². The van der Waals surface area contributed by atoms with Crippen LogP contribution in [0.2, 0.25) is 0 Å². The molecule has 0 aromatic heterocycles. The third kappa shape index (κ3) is 3.26. The maximum atomic E-state index is 11.5. The van der Waals surface area contributed by atoms with Gasteiger partial charge >= 0.3 is 0 Å². The second kappa shape index (κ2) is 4.27. The first-order valence-electron chi connectivity index (χ1n) is 4.32. The normalized spacial score (nSPS) is 14.9. The number of hydrogen-bond donors (Lipinski definition) is 2. The lowest BCUT2D eigenvalue weighted by Gasteiger charge is -2.21. The number of carbonyl (C=O) groups excluding carboxylic acids is 1. The third-order valence-electron chi connectivity index (χ3n) is 2.06. The van der Waals surface area contributed by atoms with Crippen LogP contribution >= 0.6 is 0 Å². The zero-order valence-electron chi connectivity index (χ0n) is 8.99. The molecule has 0 aromatic carbocycles. The molecule has 0 aliphatic rings. The number of hydrogen-bond acceptors (Lipinski definition) is 4. The summed E-state index contributed by atoms with van der Waals surface area (Å²) < 4.78 is 21.1. The average Bonchev–Trinajstić information content (AvgIpc) is 1.97. The number of nitrogens with one attached hydrogen (secondary N) is 1. The van der Waals surface area contributed by atoms with Gasteiger partial charge in [0.05, 0.1) is 0 Å². The topological polar surface area (TPSA) is 89.3 Å². The molecule has 3 N–H and O–H groups in total. The van der Waals surface area contributed by atoms with Gasteiger partial charge < -0.3 is 11.1 Å². The molecule has 1 unspecified atom stereocenters. The van der Waals surface area contributed by atoms with Crippen LogP contribution in [0.5, 0.6) is 0 Å². The first-order chi connectivity index (χ1) is 6.09. The fourth-order valence-electron chi connectivity index (χ4n) is 0.635. The van der Waals surface area contributed by atoms with Gasteiger partial charge in [0, 0.05) is 18.8 Å². The van der Waals surface area contributed by atoms with Crippen molar-refractivity contribution in [3.05, 3.63) is 0 Å². The zero-order valence-corrected chi connectivity index (χ0v) is 9.81. The van der Waals surface area contributed by atoms with E-state index >= 15 is 0 Å². The zero-order chi connectivity index (χ0) is 11.6. The van der Waals surface area contributed by atoms with Crippen LogP contribution in [0.1, 0.15) is 20.8 Å². The summed E-state index contributed by atoms with van der Waals surface area (Å²) in [6.45, 7) is 4.75. The van der Waals surface area contributed by atoms with Gasteiger partial charge in [0.2, 0.25) is 5.91 Å². The Bertz CT molecular complexity index is 307. The van der Waals surface area contributed by atoms with Gasteiger partial charge in [-0.2, -0.15) is 0 Å². The van der Waals surface area contributed by atoms with Gasteiger partial charge in [-0.1, -0.05) is 0 Å². The maximum absolute atomic E-state index is 11.5. The fourth-order valence-corrected chi connectivity index (χ4v) is 1.04. The van der Waals surface area contributed by atoms with E-state index in [-0.39, 0.29) is 12.6 Å². The molecule has 0 aliphatic heterocycles. The van der Waals surface area contributed by atoms with E-state index in [1.165, 1.54) is 13.8 Å². The molecule has 5 nitrogen and oxygen atoms in total. The Kier molecular flexibility index (Phi) is 4.08. The molecule has 0 aromatic rings. The van der Waals surface area contributed by atoms with E-state index in [0.717, 1.165) is 6.26 Å². The number of rotatable bonds is 4. The lowest BCUT2D eigenvalue weighted by molar-refractivity contribution is -0.122. The Morgan fingerprint density at radius 3 is 2.21 bits per heavy atom. The smallest absolute Gasteiger partial charge is 0.240 e. The molecule has 84 valence electrons. The van der Waals surface area contributed by atoms with E-state index in [4.69, 9.17) is 5.73 Å². The molecular weight excluding hydrogens is 204 g/mol. The van der Waals surface area contributed by atoms with Gasteiger partial charge in [-0.15, -0.1) is 0 Å². The van der Waals surface area contributed by atoms with E-state index in [9.17, 15) is 13.2 Å². The van der Waals surface area contributed by atoms with Crippen LogP contribution in [0.25, 0.3) is 0 Å². The van der Waals surface area contributed by atoms with E-state index < -0.39 is 20.5 Å². The van der Waals surface area contributed by atoms with Gasteiger partial charge in [0.15, 0.2) is 9.84 Å². The second-order valence-electron chi connectivity index (χ2n) is 3.97. The summed E-state index contributed by atoms with van der Waals surface area (Å²) in [7, 11) is -3.40. The molecular formula is C8H18N2O3S. The van der Waals surface area contributed by atoms with Crippen LogP contribution in [0.4, 0.5) is 0 Å². The summed E-state index contributed by atoms with van der Waals surface area (Å²) in [6.07, 6.45) is 1.04. The molecule has 0 radical (unpaired) electrons. The van der Waals surface area contributed by atoms with Crippen molar-refractivity contribution < 1.29 is 13.2 Å². The van der Waals surface area contributed by atoms with Crippen LogP contribution in [0.15, 0.2) is 0 Å². The predicted molar refractivity (Wildman–Crippen MR) is 55.6 cm³/mol. The van der Waals surface area contributed by atoms with E-state index in [0.29, 0.717) is 0 Å². The Morgan fingerprint density at radius 1 is 1.50 bits per heavy atom. The van der Waals surface area contributed by atoms with Crippen molar-refractivity contribution in [3.8, 4) is 0 Å². The average molecular weight is 222 g/mol. The monoisotopic (exact) mass is 222 g/mol. The Morgan fingerprint density at radius 2 is 1.93 bits per heavy atom. The molecule has 0 rings (SSSR count). The molecule has 0 fully saturated rings. The summed E-state index contributed by atoms with van der Waals surface area (Å²) >= 11 is 0. The number of carbonyl (C=O) groups is 1. The largest absolute Gasteiger partial charge is 0.353 e. The predicted octanol–water partition coefficient (Wildman–Crippen LogP) is -0.727. The molecule has 0 saturated carbocycles. The molecule has 0 bridgehead atoms.